The quantitative estimate of drug-likeness (QED) is 0.780. The van der Waals surface area contributed by atoms with Crippen molar-refractivity contribution in [2.45, 2.75) is 13.0 Å². The molecular formula is C14H19ClN2O. The minimum Gasteiger partial charge on any atom is -0.385 e. The molecule has 0 radical (unpaired) electrons. The molecule has 1 aromatic heterocycles. The van der Waals surface area contributed by atoms with Crippen LogP contribution in [0.5, 0.6) is 0 Å². The number of fused-ring (bicyclic) bond motifs is 1. The summed E-state index contributed by atoms with van der Waals surface area (Å²) in [5, 5.41) is 5.43. The van der Waals surface area contributed by atoms with Crippen LogP contribution in [0.3, 0.4) is 0 Å². The Morgan fingerprint density at radius 2 is 2.17 bits per heavy atom. The summed E-state index contributed by atoms with van der Waals surface area (Å²) in [6.07, 6.45) is 3.16. The number of halogens is 1. The summed E-state index contributed by atoms with van der Waals surface area (Å²) in [4.78, 5) is 0. The maximum absolute atomic E-state index is 6.02. The fraction of sp³-hybridized carbons (Fsp3) is 0.429. The van der Waals surface area contributed by atoms with Crippen LogP contribution in [0.1, 0.15) is 6.42 Å². The summed E-state index contributed by atoms with van der Waals surface area (Å²) in [5.41, 5.74) is 1.20. The molecule has 3 nitrogen and oxygen atoms in total. The zero-order chi connectivity index (χ0) is 12.8. The molecule has 0 unspecified atom stereocenters. The highest BCUT2D eigenvalue weighted by atomic mass is 35.5. The van der Waals surface area contributed by atoms with E-state index in [4.69, 9.17) is 16.3 Å². The lowest BCUT2D eigenvalue weighted by atomic mass is 10.2. The van der Waals surface area contributed by atoms with Gasteiger partial charge in [0.15, 0.2) is 0 Å². The van der Waals surface area contributed by atoms with Gasteiger partial charge >= 0.3 is 0 Å². The van der Waals surface area contributed by atoms with Crippen molar-refractivity contribution in [2.24, 2.45) is 0 Å². The van der Waals surface area contributed by atoms with Crippen LogP contribution < -0.4 is 5.32 Å². The molecule has 98 valence electrons. The summed E-state index contributed by atoms with van der Waals surface area (Å²) in [5.74, 6) is 0. The Morgan fingerprint density at radius 1 is 1.28 bits per heavy atom. The van der Waals surface area contributed by atoms with E-state index >= 15 is 0 Å². The highest BCUT2D eigenvalue weighted by Crippen LogP contribution is 2.20. The van der Waals surface area contributed by atoms with Crippen LogP contribution >= 0.6 is 11.6 Å². The Balaban J connectivity index is 1.86. The molecule has 0 atom stereocenters. The van der Waals surface area contributed by atoms with E-state index in [0.29, 0.717) is 0 Å². The molecule has 0 saturated carbocycles. The highest BCUT2D eigenvalue weighted by Gasteiger charge is 2.01. The van der Waals surface area contributed by atoms with Gasteiger partial charge in [-0.15, -0.1) is 0 Å². The second-order valence-electron chi connectivity index (χ2n) is 4.31. The van der Waals surface area contributed by atoms with Gasteiger partial charge in [0.05, 0.1) is 0 Å². The number of hydrogen-bond acceptors (Lipinski definition) is 2. The smallest absolute Gasteiger partial charge is 0.0495 e. The van der Waals surface area contributed by atoms with Crippen molar-refractivity contribution in [2.75, 3.05) is 26.8 Å². The minimum atomic E-state index is 0.788. The Hall–Kier alpha value is -1.03. The predicted octanol–water partition coefficient (Wildman–Crippen LogP) is 2.92. The number of nitrogens with zero attached hydrogens (tertiary/aromatic N) is 1. The van der Waals surface area contributed by atoms with E-state index in [1.54, 1.807) is 7.11 Å². The summed E-state index contributed by atoms with van der Waals surface area (Å²) < 4.78 is 7.23. The van der Waals surface area contributed by atoms with Gasteiger partial charge in [0.1, 0.15) is 0 Å². The molecule has 0 spiro atoms. The summed E-state index contributed by atoms with van der Waals surface area (Å²) in [6, 6.07) is 8.12. The first-order chi connectivity index (χ1) is 8.81. The third-order valence-corrected chi connectivity index (χ3v) is 3.20. The number of methoxy groups -OCH3 is 1. The van der Waals surface area contributed by atoms with Crippen molar-refractivity contribution < 1.29 is 4.74 Å². The lowest BCUT2D eigenvalue weighted by Gasteiger charge is -2.07. The van der Waals surface area contributed by atoms with Crippen molar-refractivity contribution in [3.63, 3.8) is 0 Å². The number of ether oxygens (including phenoxy) is 1. The molecule has 0 aliphatic carbocycles. The van der Waals surface area contributed by atoms with Crippen LogP contribution in [0.15, 0.2) is 30.5 Å². The van der Waals surface area contributed by atoms with E-state index in [9.17, 15) is 0 Å². The lowest BCUT2D eigenvalue weighted by molar-refractivity contribution is 0.194. The fourth-order valence-electron chi connectivity index (χ4n) is 2.02. The van der Waals surface area contributed by atoms with Crippen molar-refractivity contribution in [1.29, 1.82) is 0 Å². The molecule has 2 rings (SSSR count). The average Bonchev–Trinajstić information content (AvgIpc) is 2.76. The van der Waals surface area contributed by atoms with Gasteiger partial charge in [0.25, 0.3) is 0 Å². The zero-order valence-electron chi connectivity index (χ0n) is 10.7. The SMILES string of the molecule is COCCCNCCn1ccc2ccc(Cl)cc21. The molecular weight excluding hydrogens is 248 g/mol. The lowest BCUT2D eigenvalue weighted by Crippen LogP contribution is -2.21. The number of nitrogens with one attached hydrogen (secondary N) is 1. The minimum absolute atomic E-state index is 0.788. The van der Waals surface area contributed by atoms with Gasteiger partial charge in [-0.2, -0.15) is 0 Å². The average molecular weight is 267 g/mol. The Labute approximate surface area is 113 Å². The van der Waals surface area contributed by atoms with E-state index in [0.717, 1.165) is 37.7 Å². The Bertz CT molecular complexity index is 495. The number of rotatable bonds is 7. The van der Waals surface area contributed by atoms with E-state index in [1.807, 2.05) is 12.1 Å². The van der Waals surface area contributed by atoms with Crippen molar-refractivity contribution in [3.05, 3.63) is 35.5 Å². The highest BCUT2D eigenvalue weighted by molar-refractivity contribution is 6.31. The fourth-order valence-corrected chi connectivity index (χ4v) is 2.18. The van der Waals surface area contributed by atoms with Crippen LogP contribution in [-0.4, -0.2) is 31.4 Å². The van der Waals surface area contributed by atoms with E-state index in [2.05, 4.69) is 28.2 Å². The monoisotopic (exact) mass is 266 g/mol. The molecule has 4 heteroatoms. The van der Waals surface area contributed by atoms with Gasteiger partial charge in [-0.1, -0.05) is 17.7 Å². The molecule has 18 heavy (non-hydrogen) atoms. The maximum atomic E-state index is 6.02. The first kappa shape index (κ1) is 13.4. The number of benzene rings is 1. The summed E-state index contributed by atoms with van der Waals surface area (Å²) in [7, 11) is 1.73. The van der Waals surface area contributed by atoms with Crippen molar-refractivity contribution >= 4 is 22.5 Å². The molecule has 0 amide bonds. The van der Waals surface area contributed by atoms with Gasteiger partial charge in [0.2, 0.25) is 0 Å². The van der Waals surface area contributed by atoms with Crippen molar-refractivity contribution in [1.82, 2.24) is 9.88 Å². The van der Waals surface area contributed by atoms with E-state index in [-0.39, 0.29) is 0 Å². The number of hydrogen-bond donors (Lipinski definition) is 1. The predicted molar refractivity (Wildman–Crippen MR) is 76.3 cm³/mol. The molecule has 2 aromatic rings. The van der Waals surface area contributed by atoms with Gasteiger partial charge < -0.3 is 14.6 Å². The van der Waals surface area contributed by atoms with Crippen LogP contribution in [0.4, 0.5) is 0 Å². The third-order valence-electron chi connectivity index (χ3n) is 2.97. The summed E-state index contributed by atoms with van der Waals surface area (Å²) in [6.45, 7) is 3.72. The maximum Gasteiger partial charge on any atom is 0.0495 e. The Kier molecular flexibility index (Phi) is 5.05. The van der Waals surface area contributed by atoms with Crippen LogP contribution in [-0.2, 0) is 11.3 Å². The van der Waals surface area contributed by atoms with Crippen LogP contribution in [0.25, 0.3) is 10.9 Å². The standard InChI is InChI=1S/C14H19ClN2O/c1-18-10-2-6-16-7-9-17-8-5-12-3-4-13(15)11-14(12)17/h3-5,8,11,16H,2,6-7,9-10H2,1H3. The van der Waals surface area contributed by atoms with Gasteiger partial charge in [0, 0.05) is 43.5 Å². The number of aromatic nitrogens is 1. The Morgan fingerprint density at radius 3 is 3.00 bits per heavy atom. The second kappa shape index (κ2) is 6.78. The van der Waals surface area contributed by atoms with Gasteiger partial charge in [-0.3, -0.25) is 0 Å². The second-order valence-corrected chi connectivity index (χ2v) is 4.75. The topological polar surface area (TPSA) is 26.2 Å². The molecule has 0 aliphatic rings. The molecule has 1 N–H and O–H groups in total. The van der Waals surface area contributed by atoms with E-state index < -0.39 is 0 Å². The van der Waals surface area contributed by atoms with Crippen LogP contribution in [0, 0.1) is 0 Å². The molecule has 0 aliphatic heterocycles. The molecule has 0 fully saturated rings. The first-order valence-corrected chi connectivity index (χ1v) is 6.63. The van der Waals surface area contributed by atoms with Crippen LogP contribution in [0.2, 0.25) is 5.02 Å². The zero-order valence-corrected chi connectivity index (χ0v) is 11.4. The van der Waals surface area contributed by atoms with Gasteiger partial charge in [-0.25, -0.2) is 0 Å². The molecule has 1 heterocycles. The normalized spacial score (nSPS) is 11.2. The molecule has 0 saturated heterocycles. The molecule has 1 aromatic carbocycles. The van der Waals surface area contributed by atoms with Gasteiger partial charge in [-0.05, 0) is 36.6 Å². The first-order valence-electron chi connectivity index (χ1n) is 6.25. The molecule has 0 bridgehead atoms. The largest absolute Gasteiger partial charge is 0.385 e. The van der Waals surface area contributed by atoms with Crippen molar-refractivity contribution in [3.8, 4) is 0 Å². The summed E-state index contributed by atoms with van der Waals surface area (Å²) >= 11 is 6.02. The van der Waals surface area contributed by atoms with E-state index in [1.165, 1.54) is 10.9 Å². The third kappa shape index (κ3) is 3.48.